The van der Waals surface area contributed by atoms with Crippen LogP contribution in [0.3, 0.4) is 0 Å². The van der Waals surface area contributed by atoms with Crippen molar-refractivity contribution < 1.29 is 35.1 Å². The highest BCUT2D eigenvalue weighted by atomic mass is 32.2. The van der Waals surface area contributed by atoms with Gasteiger partial charge in [-0.25, -0.2) is 13.5 Å². The van der Waals surface area contributed by atoms with Crippen LogP contribution in [0.5, 0.6) is 0 Å². The predicted octanol–water partition coefficient (Wildman–Crippen LogP) is 0.182. The molecule has 7 nitrogen and oxygen atoms in total. The normalized spacial score (nSPS) is 44.6. The smallest absolute Gasteiger partial charge is 0.281 e. The minimum atomic E-state index is -3.95. The molecule has 0 saturated carbocycles. The standard InChI is InChI=1S/C5H8FO7PS/c6-5-2-10-14(7,13-5)12-4-1-11-15(8,9)3-4/h4-5H,1-3H2. The predicted molar refractivity (Wildman–Crippen MR) is 44.2 cm³/mol. The molecule has 2 fully saturated rings. The van der Waals surface area contributed by atoms with E-state index in [1.54, 1.807) is 0 Å². The molecule has 0 spiro atoms. The van der Waals surface area contributed by atoms with E-state index in [9.17, 15) is 17.4 Å². The van der Waals surface area contributed by atoms with Crippen LogP contribution in [0.25, 0.3) is 0 Å². The largest absolute Gasteiger partial charge is 0.478 e. The number of halogens is 1. The van der Waals surface area contributed by atoms with Crippen molar-refractivity contribution in [3.8, 4) is 0 Å². The minimum absolute atomic E-state index is 0.268. The maximum Gasteiger partial charge on any atom is 0.478 e. The average molecular weight is 262 g/mol. The summed E-state index contributed by atoms with van der Waals surface area (Å²) in [4.78, 5) is 0. The van der Waals surface area contributed by atoms with E-state index < -0.39 is 42.8 Å². The summed E-state index contributed by atoms with van der Waals surface area (Å²) in [5.74, 6) is -0.444. The summed E-state index contributed by atoms with van der Waals surface area (Å²) in [7, 11) is -7.58. The van der Waals surface area contributed by atoms with Crippen molar-refractivity contribution in [3.63, 3.8) is 0 Å². The van der Waals surface area contributed by atoms with E-state index in [2.05, 4.69) is 13.2 Å². The van der Waals surface area contributed by atoms with Crippen LogP contribution in [0.15, 0.2) is 0 Å². The molecule has 3 atom stereocenters. The molecule has 15 heavy (non-hydrogen) atoms. The van der Waals surface area contributed by atoms with Gasteiger partial charge in [0.1, 0.15) is 18.5 Å². The Hall–Kier alpha value is -0.0500. The second kappa shape index (κ2) is 3.76. The lowest BCUT2D eigenvalue weighted by Crippen LogP contribution is -2.15. The fraction of sp³-hybridized carbons (Fsp3) is 1.00. The van der Waals surface area contributed by atoms with Crippen molar-refractivity contribution in [2.45, 2.75) is 12.5 Å². The van der Waals surface area contributed by atoms with Crippen LogP contribution in [-0.2, 0) is 32.4 Å². The molecular formula is C5H8FO7PS. The van der Waals surface area contributed by atoms with Gasteiger partial charge in [0.25, 0.3) is 10.1 Å². The van der Waals surface area contributed by atoms with E-state index >= 15 is 0 Å². The molecule has 2 heterocycles. The monoisotopic (exact) mass is 262 g/mol. The Bertz CT molecular complexity index is 394. The Morgan fingerprint density at radius 2 is 2.13 bits per heavy atom. The van der Waals surface area contributed by atoms with Crippen molar-refractivity contribution in [2.24, 2.45) is 0 Å². The first-order chi connectivity index (χ1) is 6.89. The highest BCUT2D eigenvalue weighted by Gasteiger charge is 2.44. The molecule has 0 N–H and O–H groups in total. The van der Waals surface area contributed by atoms with Crippen LogP contribution < -0.4 is 0 Å². The number of hydrogen-bond acceptors (Lipinski definition) is 7. The molecule has 2 aliphatic heterocycles. The summed E-state index contributed by atoms with van der Waals surface area (Å²) in [5, 5.41) is 0. The zero-order valence-electron chi connectivity index (χ0n) is 7.37. The lowest BCUT2D eigenvalue weighted by Gasteiger charge is -2.12. The summed E-state index contributed by atoms with van der Waals surface area (Å²) < 4.78 is 63.4. The van der Waals surface area contributed by atoms with Gasteiger partial charge in [-0.15, -0.1) is 0 Å². The molecule has 10 heteroatoms. The topological polar surface area (TPSA) is 88.1 Å². The molecule has 0 amide bonds. The van der Waals surface area contributed by atoms with Gasteiger partial charge in [0.15, 0.2) is 0 Å². The average Bonchev–Trinajstić information content (AvgIpc) is 2.56. The maximum absolute atomic E-state index is 12.5. The Morgan fingerprint density at radius 1 is 1.40 bits per heavy atom. The third kappa shape index (κ3) is 2.74. The molecule has 0 aliphatic carbocycles. The lowest BCUT2D eigenvalue weighted by atomic mass is 10.5. The Kier molecular flexibility index (Phi) is 2.87. The van der Waals surface area contributed by atoms with Gasteiger partial charge in [0, 0.05) is 0 Å². The van der Waals surface area contributed by atoms with Gasteiger partial charge in [0.05, 0.1) is 6.61 Å². The molecule has 3 unspecified atom stereocenters. The molecule has 2 aliphatic rings. The number of phosphoric ester groups is 1. The van der Waals surface area contributed by atoms with Gasteiger partial charge < -0.3 is 0 Å². The van der Waals surface area contributed by atoms with E-state index in [4.69, 9.17) is 4.52 Å². The van der Waals surface area contributed by atoms with Crippen molar-refractivity contribution in [1.29, 1.82) is 0 Å². The van der Waals surface area contributed by atoms with Crippen LogP contribution in [0.4, 0.5) is 4.39 Å². The number of hydrogen-bond donors (Lipinski definition) is 0. The third-order valence-corrected chi connectivity index (χ3v) is 4.49. The van der Waals surface area contributed by atoms with Crippen LogP contribution in [0, 0.1) is 0 Å². The van der Waals surface area contributed by atoms with Gasteiger partial charge in [-0.2, -0.15) is 8.42 Å². The molecule has 2 rings (SSSR count). The first-order valence-electron chi connectivity index (χ1n) is 4.01. The zero-order valence-corrected chi connectivity index (χ0v) is 9.08. The SMILES string of the molecule is O=P1(OC2COS(=O)(=O)C2)OCC(F)O1. The van der Waals surface area contributed by atoms with Crippen molar-refractivity contribution in [1.82, 2.24) is 0 Å². The van der Waals surface area contributed by atoms with Gasteiger partial charge >= 0.3 is 7.82 Å². The Labute approximate surface area is 85.2 Å². The quantitative estimate of drug-likeness (QED) is 0.518. The van der Waals surface area contributed by atoms with Crippen LogP contribution >= 0.6 is 7.82 Å². The van der Waals surface area contributed by atoms with E-state index in [-0.39, 0.29) is 6.61 Å². The summed E-state index contributed by atoms with van der Waals surface area (Å²) in [6.07, 6.45) is -2.76. The van der Waals surface area contributed by atoms with E-state index in [0.717, 1.165) is 0 Å². The van der Waals surface area contributed by atoms with Gasteiger partial charge in [-0.3, -0.25) is 13.2 Å². The van der Waals surface area contributed by atoms with Crippen LogP contribution in [0.1, 0.15) is 0 Å². The van der Waals surface area contributed by atoms with Gasteiger partial charge in [-0.1, -0.05) is 0 Å². The second-order valence-electron chi connectivity index (χ2n) is 2.99. The molecular weight excluding hydrogens is 254 g/mol. The zero-order chi connectivity index (χ0) is 11.1. The van der Waals surface area contributed by atoms with Crippen molar-refractivity contribution >= 4 is 17.9 Å². The summed E-state index contributed by atoms with van der Waals surface area (Å²) >= 11 is 0. The van der Waals surface area contributed by atoms with E-state index in [0.29, 0.717) is 0 Å². The number of phosphoric acid groups is 1. The first-order valence-corrected chi connectivity index (χ1v) is 7.05. The molecule has 0 aromatic heterocycles. The highest BCUT2D eigenvalue weighted by Crippen LogP contribution is 2.56. The van der Waals surface area contributed by atoms with Gasteiger partial charge in [0.2, 0.25) is 6.36 Å². The molecule has 0 aromatic rings. The lowest BCUT2D eigenvalue weighted by molar-refractivity contribution is 0.0674. The highest BCUT2D eigenvalue weighted by molar-refractivity contribution is 7.87. The molecule has 2 saturated heterocycles. The fourth-order valence-electron chi connectivity index (χ4n) is 1.15. The van der Waals surface area contributed by atoms with E-state index in [1.807, 2.05) is 0 Å². The maximum atomic E-state index is 12.5. The summed E-state index contributed by atoms with van der Waals surface area (Å²) in [6, 6.07) is 0. The number of alkyl halides is 1. The first kappa shape index (κ1) is 11.4. The van der Waals surface area contributed by atoms with E-state index in [1.165, 1.54) is 0 Å². The summed E-state index contributed by atoms with van der Waals surface area (Å²) in [6.45, 7) is -0.756. The van der Waals surface area contributed by atoms with Crippen molar-refractivity contribution in [3.05, 3.63) is 0 Å². The molecule has 0 aromatic carbocycles. The second-order valence-corrected chi connectivity index (χ2v) is 6.25. The minimum Gasteiger partial charge on any atom is -0.281 e. The van der Waals surface area contributed by atoms with Crippen molar-refractivity contribution in [2.75, 3.05) is 19.0 Å². The Morgan fingerprint density at radius 3 is 2.60 bits per heavy atom. The third-order valence-electron chi connectivity index (χ3n) is 1.71. The molecule has 88 valence electrons. The summed E-state index contributed by atoms with van der Waals surface area (Å²) in [5.41, 5.74) is 0. The van der Waals surface area contributed by atoms with Gasteiger partial charge in [-0.05, 0) is 0 Å². The van der Waals surface area contributed by atoms with Crippen LogP contribution in [-0.4, -0.2) is 39.8 Å². The number of rotatable bonds is 2. The fourth-order valence-corrected chi connectivity index (χ4v) is 3.64. The van der Waals surface area contributed by atoms with Crippen LogP contribution in [0.2, 0.25) is 0 Å². The Balaban J connectivity index is 1.96. The molecule has 0 radical (unpaired) electrons. The molecule has 0 bridgehead atoms.